The summed E-state index contributed by atoms with van der Waals surface area (Å²) in [6, 6.07) is 0. The maximum Gasteiger partial charge on any atom is 0.226 e. The van der Waals surface area contributed by atoms with E-state index in [1.54, 1.807) is 0 Å². The van der Waals surface area contributed by atoms with Crippen molar-refractivity contribution in [1.29, 1.82) is 0 Å². The van der Waals surface area contributed by atoms with Crippen LogP contribution < -0.4 is 4.72 Å². The topological polar surface area (TPSA) is 80.3 Å². The summed E-state index contributed by atoms with van der Waals surface area (Å²) in [4.78, 5) is 0. The van der Waals surface area contributed by atoms with Crippen molar-refractivity contribution in [3.05, 3.63) is 0 Å². The van der Waals surface area contributed by atoms with Crippen LogP contribution >= 0.6 is 15.9 Å². The smallest absolute Gasteiger partial charge is 0.226 e. The molecule has 0 amide bonds. The van der Waals surface area contributed by atoms with E-state index in [1.165, 1.54) is 0 Å². The van der Waals surface area contributed by atoms with E-state index < -0.39 is 30.5 Å². The average Bonchev–Trinajstić information content (AvgIpc) is 2.18. The summed E-state index contributed by atoms with van der Waals surface area (Å²) in [5, 5.41) is -0.333. The molecule has 1 saturated carbocycles. The molecule has 18 heavy (non-hydrogen) atoms. The molecule has 1 N–H and O–H groups in total. The van der Waals surface area contributed by atoms with Crippen molar-refractivity contribution in [2.75, 3.05) is 16.7 Å². The molecule has 5 nitrogen and oxygen atoms in total. The van der Waals surface area contributed by atoms with Crippen LogP contribution in [0.5, 0.6) is 0 Å². The Bertz CT molecular complexity index is 478. The van der Waals surface area contributed by atoms with Crippen molar-refractivity contribution in [2.45, 2.75) is 38.1 Å². The number of rotatable bonds is 5. The zero-order valence-corrected chi connectivity index (χ0v) is 13.9. The van der Waals surface area contributed by atoms with Crippen molar-refractivity contribution in [1.82, 2.24) is 4.72 Å². The van der Waals surface area contributed by atoms with Gasteiger partial charge in [-0.2, -0.15) is 0 Å². The molecule has 1 rings (SSSR count). The van der Waals surface area contributed by atoms with E-state index in [1.807, 2.05) is 0 Å². The molecular formula is C10H20BrNO4S2. The first kappa shape index (κ1) is 16.4. The Morgan fingerprint density at radius 2 is 1.72 bits per heavy atom. The van der Waals surface area contributed by atoms with Gasteiger partial charge in [0, 0.05) is 17.1 Å². The van der Waals surface area contributed by atoms with Crippen LogP contribution in [0.25, 0.3) is 0 Å². The largest absolute Gasteiger partial charge is 0.228 e. The van der Waals surface area contributed by atoms with Crippen molar-refractivity contribution in [2.24, 2.45) is 5.92 Å². The van der Waals surface area contributed by atoms with Gasteiger partial charge in [0.25, 0.3) is 0 Å². The van der Waals surface area contributed by atoms with E-state index in [0.717, 1.165) is 31.9 Å². The highest BCUT2D eigenvalue weighted by Gasteiger charge is 2.37. The van der Waals surface area contributed by atoms with Gasteiger partial charge in [0.1, 0.15) is 0 Å². The van der Waals surface area contributed by atoms with E-state index in [4.69, 9.17) is 0 Å². The molecule has 0 heterocycles. The first-order valence-electron chi connectivity index (χ1n) is 5.83. The van der Waals surface area contributed by atoms with Crippen LogP contribution in [0.2, 0.25) is 0 Å². The minimum atomic E-state index is -3.79. The van der Waals surface area contributed by atoms with Crippen molar-refractivity contribution < 1.29 is 16.8 Å². The predicted octanol–water partition coefficient (Wildman–Crippen LogP) is 1.25. The molecule has 1 aliphatic rings. The second kappa shape index (κ2) is 5.76. The lowest BCUT2D eigenvalue weighted by molar-refractivity contribution is 0.250. The molecule has 0 radical (unpaired) electrons. The second-order valence-corrected chi connectivity index (χ2v) is 10.1. The lowest BCUT2D eigenvalue weighted by Gasteiger charge is -2.38. The average molecular weight is 362 g/mol. The van der Waals surface area contributed by atoms with E-state index in [-0.39, 0.29) is 0 Å². The monoisotopic (exact) mass is 361 g/mol. The van der Waals surface area contributed by atoms with Gasteiger partial charge in [-0.15, -0.1) is 0 Å². The molecule has 0 aromatic carbocycles. The highest BCUT2D eigenvalue weighted by atomic mass is 79.9. The fourth-order valence-corrected chi connectivity index (χ4v) is 6.53. The Hall–Kier alpha value is 0.340. The van der Waals surface area contributed by atoms with E-state index >= 15 is 0 Å². The summed E-state index contributed by atoms with van der Waals surface area (Å²) in [6.45, 7) is 2.14. The molecule has 0 aliphatic heterocycles. The first-order chi connectivity index (χ1) is 8.08. The molecule has 1 aliphatic carbocycles. The second-order valence-electron chi connectivity index (χ2n) is 5.36. The number of sulfonamides is 1. The van der Waals surface area contributed by atoms with Gasteiger partial charge in [0.2, 0.25) is 10.0 Å². The van der Waals surface area contributed by atoms with Crippen LogP contribution in [-0.4, -0.2) is 39.0 Å². The zero-order valence-electron chi connectivity index (χ0n) is 10.6. The lowest BCUT2D eigenvalue weighted by Crippen LogP contribution is -2.53. The van der Waals surface area contributed by atoms with E-state index in [9.17, 15) is 16.8 Å². The number of sulfone groups is 1. The van der Waals surface area contributed by atoms with Gasteiger partial charge in [0.05, 0.1) is 0 Å². The van der Waals surface area contributed by atoms with Crippen LogP contribution in [0.1, 0.15) is 32.6 Å². The van der Waals surface area contributed by atoms with Crippen molar-refractivity contribution in [3.8, 4) is 0 Å². The number of nitrogens with one attached hydrogen (secondary N) is 1. The van der Waals surface area contributed by atoms with Gasteiger partial charge in [0.15, 0.2) is 14.9 Å². The molecule has 8 heteroatoms. The Labute approximate surface area is 118 Å². The summed E-state index contributed by atoms with van der Waals surface area (Å²) in [7, 11) is -7.34. The third kappa shape index (κ3) is 5.14. The van der Waals surface area contributed by atoms with Crippen molar-refractivity contribution in [3.63, 3.8) is 0 Å². The van der Waals surface area contributed by atoms with Crippen molar-refractivity contribution >= 4 is 35.8 Å². The Morgan fingerprint density at radius 3 is 2.11 bits per heavy atom. The predicted molar refractivity (Wildman–Crippen MR) is 75.9 cm³/mol. The molecule has 0 aromatic rings. The maximum atomic E-state index is 11.8. The van der Waals surface area contributed by atoms with Crippen LogP contribution in [0.15, 0.2) is 0 Å². The standard InChI is InChI=1S/C10H20BrNO4S2/c1-9-3-5-10(7-11,6-4-9)12-18(15,16)8-17(2,13)14/h9,12H,3-8H2,1-2H3. The Balaban J connectivity index is 2.80. The van der Waals surface area contributed by atoms with Crippen LogP contribution in [-0.2, 0) is 19.9 Å². The third-order valence-corrected chi connectivity index (χ3v) is 8.00. The summed E-state index contributed by atoms with van der Waals surface area (Å²) >= 11 is 3.34. The minimum absolute atomic E-state index is 0.510. The van der Waals surface area contributed by atoms with E-state index in [2.05, 4.69) is 27.6 Å². The summed E-state index contributed by atoms with van der Waals surface area (Å²) < 4.78 is 48.5. The van der Waals surface area contributed by atoms with Gasteiger partial charge in [-0.3, -0.25) is 0 Å². The third-order valence-electron chi connectivity index (χ3n) is 3.23. The van der Waals surface area contributed by atoms with Gasteiger partial charge in [-0.25, -0.2) is 21.6 Å². The number of hydrogen-bond donors (Lipinski definition) is 1. The molecule has 108 valence electrons. The van der Waals surface area contributed by atoms with Crippen LogP contribution in [0, 0.1) is 5.92 Å². The molecule has 0 bridgehead atoms. The highest BCUT2D eigenvalue weighted by molar-refractivity contribution is 9.09. The zero-order chi connectivity index (χ0) is 14.0. The van der Waals surface area contributed by atoms with Gasteiger partial charge in [-0.05, 0) is 31.6 Å². The molecular weight excluding hydrogens is 342 g/mol. The van der Waals surface area contributed by atoms with Crippen LogP contribution in [0.4, 0.5) is 0 Å². The Kier molecular flexibility index (Phi) is 5.25. The fraction of sp³-hybridized carbons (Fsp3) is 1.00. The molecule has 0 aromatic heterocycles. The number of halogens is 1. The summed E-state index contributed by atoms with van der Waals surface area (Å²) in [5.74, 6) is 0.594. The fourth-order valence-electron chi connectivity index (χ4n) is 2.22. The van der Waals surface area contributed by atoms with E-state index in [0.29, 0.717) is 11.2 Å². The minimum Gasteiger partial charge on any atom is -0.228 e. The Morgan fingerprint density at radius 1 is 1.22 bits per heavy atom. The molecule has 0 saturated heterocycles. The van der Waals surface area contributed by atoms with Crippen LogP contribution in [0.3, 0.4) is 0 Å². The molecule has 0 unspecified atom stereocenters. The summed E-state index contributed by atoms with van der Waals surface area (Å²) in [6.07, 6.45) is 4.31. The first-order valence-corrected chi connectivity index (χ1v) is 10.7. The quantitative estimate of drug-likeness (QED) is 0.747. The molecule has 0 spiro atoms. The van der Waals surface area contributed by atoms with Gasteiger partial charge >= 0.3 is 0 Å². The molecule has 1 fully saturated rings. The van der Waals surface area contributed by atoms with Gasteiger partial charge < -0.3 is 0 Å². The molecule has 0 atom stereocenters. The summed E-state index contributed by atoms with van der Waals surface area (Å²) in [5.41, 5.74) is -0.532. The maximum absolute atomic E-state index is 11.8. The number of hydrogen-bond acceptors (Lipinski definition) is 4. The highest BCUT2D eigenvalue weighted by Crippen LogP contribution is 2.33. The lowest BCUT2D eigenvalue weighted by atomic mass is 9.79. The SMILES string of the molecule is CC1CCC(CBr)(NS(=O)(=O)CS(C)(=O)=O)CC1. The number of alkyl halides is 1. The van der Waals surface area contributed by atoms with Gasteiger partial charge in [-0.1, -0.05) is 22.9 Å². The normalized spacial score (nSPS) is 30.3.